The first-order chi connectivity index (χ1) is 14.9. The van der Waals surface area contributed by atoms with Gasteiger partial charge in [0.05, 0.1) is 16.8 Å². The van der Waals surface area contributed by atoms with Crippen molar-refractivity contribution in [3.63, 3.8) is 0 Å². The van der Waals surface area contributed by atoms with Crippen molar-refractivity contribution < 1.29 is 18.0 Å². The maximum atomic E-state index is 13.7. The van der Waals surface area contributed by atoms with Crippen molar-refractivity contribution in [1.29, 1.82) is 0 Å². The van der Waals surface area contributed by atoms with Crippen LogP contribution in [0.25, 0.3) is 21.3 Å². The Kier molecular flexibility index (Phi) is 5.70. The second-order valence-corrected chi connectivity index (χ2v) is 8.13. The van der Waals surface area contributed by atoms with Gasteiger partial charge in [-0.3, -0.25) is 9.59 Å². The first-order valence-electron chi connectivity index (χ1n) is 8.77. The highest BCUT2D eigenvalue weighted by Gasteiger charge is 2.18. The van der Waals surface area contributed by atoms with Crippen LogP contribution in [0.1, 0.15) is 0 Å². The lowest BCUT2D eigenvalue weighted by atomic mass is 10.1. The van der Waals surface area contributed by atoms with Gasteiger partial charge in [-0.2, -0.15) is 0 Å². The summed E-state index contributed by atoms with van der Waals surface area (Å²) < 4.78 is 40.8. The molecule has 4 aromatic rings. The number of amides is 1. The summed E-state index contributed by atoms with van der Waals surface area (Å²) in [6, 6.07) is 10.9. The van der Waals surface area contributed by atoms with Crippen LogP contribution < -0.4 is 16.7 Å². The van der Waals surface area contributed by atoms with Crippen LogP contribution in [0.3, 0.4) is 0 Å². The fourth-order valence-corrected chi connectivity index (χ4v) is 4.56. The molecule has 4 rings (SSSR count). The molecule has 6 nitrogen and oxygen atoms in total. The zero-order valence-electron chi connectivity index (χ0n) is 15.6. The molecule has 0 aliphatic heterocycles. The van der Waals surface area contributed by atoms with E-state index in [1.807, 2.05) is 30.3 Å². The summed E-state index contributed by atoms with van der Waals surface area (Å²) in [6.07, 6.45) is 0. The summed E-state index contributed by atoms with van der Waals surface area (Å²) in [5.74, 6) is 0.361. The zero-order chi connectivity index (χ0) is 22.1. The summed E-state index contributed by atoms with van der Waals surface area (Å²) in [5.41, 5.74) is 0.588. The van der Waals surface area contributed by atoms with Gasteiger partial charge in [0.1, 0.15) is 4.83 Å². The third kappa shape index (κ3) is 4.01. The number of hydrogen-bond donors (Lipinski definition) is 2. The minimum atomic E-state index is -1.68. The van der Waals surface area contributed by atoms with Gasteiger partial charge in [-0.1, -0.05) is 42.1 Å². The molecule has 0 fully saturated rings. The number of carbonyl (C=O) groups excluding carboxylic acids is 1. The van der Waals surface area contributed by atoms with Crippen LogP contribution in [0.4, 0.5) is 18.9 Å². The van der Waals surface area contributed by atoms with Gasteiger partial charge in [0.25, 0.3) is 5.56 Å². The quantitative estimate of drug-likeness (QED) is 0.203. The van der Waals surface area contributed by atoms with Crippen molar-refractivity contribution in [3.05, 3.63) is 75.7 Å². The molecule has 2 aromatic carbocycles. The SMILES string of the molecule is Nn1c(SCC(=O)Nc2ccc(F)c(F)c2F)nc2scc(-c3ccccc3)c2c1=O. The van der Waals surface area contributed by atoms with Crippen molar-refractivity contribution in [2.45, 2.75) is 5.16 Å². The molecule has 1 amide bonds. The number of nitrogens with zero attached hydrogens (tertiary/aromatic N) is 2. The topological polar surface area (TPSA) is 90.0 Å². The van der Waals surface area contributed by atoms with Crippen LogP contribution in [0.2, 0.25) is 0 Å². The Morgan fingerprint density at radius 3 is 2.61 bits per heavy atom. The average molecular weight is 462 g/mol. The lowest BCUT2D eigenvalue weighted by Gasteiger charge is -2.09. The van der Waals surface area contributed by atoms with Gasteiger partial charge in [0, 0.05) is 10.9 Å². The molecule has 11 heteroatoms. The number of benzene rings is 2. The molecule has 0 unspecified atom stereocenters. The monoisotopic (exact) mass is 462 g/mol. The number of halogens is 3. The van der Waals surface area contributed by atoms with Gasteiger partial charge < -0.3 is 11.2 Å². The van der Waals surface area contributed by atoms with E-state index in [2.05, 4.69) is 10.3 Å². The van der Waals surface area contributed by atoms with Crippen molar-refractivity contribution in [2.24, 2.45) is 0 Å². The van der Waals surface area contributed by atoms with E-state index in [0.29, 0.717) is 21.8 Å². The van der Waals surface area contributed by atoms with Crippen molar-refractivity contribution >= 4 is 44.9 Å². The molecule has 3 N–H and O–H groups in total. The molecule has 2 heterocycles. The first kappa shape index (κ1) is 20.9. The molecule has 0 atom stereocenters. The fourth-order valence-electron chi connectivity index (χ4n) is 2.86. The van der Waals surface area contributed by atoms with Gasteiger partial charge in [-0.05, 0) is 17.7 Å². The number of anilines is 1. The summed E-state index contributed by atoms with van der Waals surface area (Å²) >= 11 is 2.12. The van der Waals surface area contributed by atoms with Crippen LogP contribution >= 0.6 is 23.1 Å². The van der Waals surface area contributed by atoms with Gasteiger partial charge in [0.2, 0.25) is 5.91 Å². The Balaban J connectivity index is 1.56. The van der Waals surface area contributed by atoms with E-state index in [1.165, 1.54) is 11.3 Å². The number of nitrogens with two attached hydrogens (primary N) is 1. The second kappa shape index (κ2) is 8.44. The van der Waals surface area contributed by atoms with Gasteiger partial charge >= 0.3 is 0 Å². The smallest absolute Gasteiger partial charge is 0.282 e. The molecule has 0 bridgehead atoms. The number of thiophene rings is 1. The number of carbonyl (C=O) groups is 1. The number of nitrogens with one attached hydrogen (secondary N) is 1. The average Bonchev–Trinajstić information content (AvgIpc) is 3.20. The number of fused-ring (bicyclic) bond motifs is 1. The van der Waals surface area contributed by atoms with E-state index in [-0.39, 0.29) is 10.9 Å². The van der Waals surface area contributed by atoms with E-state index in [1.54, 1.807) is 5.38 Å². The summed E-state index contributed by atoms with van der Waals surface area (Å²) in [4.78, 5) is 29.8. The number of hydrogen-bond acceptors (Lipinski definition) is 6. The normalized spacial score (nSPS) is 11.1. The highest BCUT2D eigenvalue weighted by atomic mass is 32.2. The number of aromatic nitrogens is 2. The molecule has 158 valence electrons. The maximum Gasteiger partial charge on any atom is 0.282 e. The van der Waals surface area contributed by atoms with Crippen LogP contribution in [0, 0.1) is 17.5 Å². The molecule has 0 aliphatic rings. The van der Waals surface area contributed by atoms with Crippen LogP contribution in [0.5, 0.6) is 0 Å². The summed E-state index contributed by atoms with van der Waals surface area (Å²) in [7, 11) is 0. The predicted octanol–water partition coefficient (Wildman–Crippen LogP) is 3.99. The molecular weight excluding hydrogens is 449 g/mol. The van der Waals surface area contributed by atoms with Crippen molar-refractivity contribution in [3.8, 4) is 11.1 Å². The molecule has 2 aromatic heterocycles. The molecular formula is C20H13F3N4O2S2. The van der Waals surface area contributed by atoms with E-state index in [0.717, 1.165) is 28.1 Å². The Bertz CT molecular complexity index is 1360. The lowest BCUT2D eigenvalue weighted by Crippen LogP contribution is -2.30. The highest BCUT2D eigenvalue weighted by molar-refractivity contribution is 7.99. The summed E-state index contributed by atoms with van der Waals surface area (Å²) in [6.45, 7) is 0. The molecule has 31 heavy (non-hydrogen) atoms. The fraction of sp³-hybridized carbons (Fsp3) is 0.0500. The minimum Gasteiger partial charge on any atom is -0.334 e. The van der Waals surface area contributed by atoms with E-state index >= 15 is 0 Å². The van der Waals surface area contributed by atoms with Gasteiger partial charge in [0.15, 0.2) is 22.6 Å². The van der Waals surface area contributed by atoms with Crippen LogP contribution in [0.15, 0.2) is 57.8 Å². The van der Waals surface area contributed by atoms with Crippen LogP contribution in [-0.2, 0) is 4.79 Å². The number of rotatable bonds is 5. The molecule has 0 spiro atoms. The van der Waals surface area contributed by atoms with E-state index in [9.17, 15) is 22.8 Å². The Labute approximate surface area is 181 Å². The third-order valence-corrected chi connectivity index (χ3v) is 6.16. The predicted molar refractivity (Wildman–Crippen MR) is 115 cm³/mol. The standard InChI is InChI=1S/C20H13F3N4O2S2/c21-12-6-7-13(17(23)16(12)22)25-14(28)9-31-20-26-18-15(19(29)27(20)24)11(8-30-18)10-4-2-1-3-5-10/h1-8H,9,24H2,(H,25,28). The van der Waals surface area contributed by atoms with Crippen molar-refractivity contribution in [2.75, 3.05) is 16.9 Å². The number of nitrogen functional groups attached to an aromatic ring is 1. The van der Waals surface area contributed by atoms with Crippen LogP contribution in [-0.4, -0.2) is 21.3 Å². The number of thioether (sulfide) groups is 1. The largest absolute Gasteiger partial charge is 0.334 e. The van der Waals surface area contributed by atoms with E-state index in [4.69, 9.17) is 5.84 Å². The maximum absolute atomic E-state index is 13.7. The zero-order valence-corrected chi connectivity index (χ0v) is 17.2. The Morgan fingerprint density at radius 1 is 1.13 bits per heavy atom. The molecule has 0 aliphatic carbocycles. The molecule has 0 saturated carbocycles. The molecule has 0 radical (unpaired) electrons. The van der Waals surface area contributed by atoms with Gasteiger partial charge in [-0.25, -0.2) is 22.8 Å². The minimum absolute atomic E-state index is 0.0832. The Morgan fingerprint density at radius 2 is 1.87 bits per heavy atom. The first-order valence-corrected chi connectivity index (χ1v) is 10.6. The van der Waals surface area contributed by atoms with Crippen molar-refractivity contribution in [1.82, 2.24) is 9.66 Å². The van der Waals surface area contributed by atoms with E-state index < -0.39 is 34.6 Å². The lowest BCUT2D eigenvalue weighted by molar-refractivity contribution is -0.113. The third-order valence-electron chi connectivity index (χ3n) is 4.33. The highest BCUT2D eigenvalue weighted by Crippen LogP contribution is 2.31. The molecule has 0 saturated heterocycles. The Hall–Kier alpha value is -3.31. The summed E-state index contributed by atoms with van der Waals surface area (Å²) in [5, 5.41) is 4.41. The van der Waals surface area contributed by atoms with Gasteiger partial charge in [-0.15, -0.1) is 11.3 Å². The second-order valence-electron chi connectivity index (χ2n) is 6.32.